The standard InChI is InChI=1S/C6H8N2OS2/c1-4(5(7)9)11-6-8-2-3-10-6/h2-4H,1H3,(H2,7,9). The second kappa shape index (κ2) is 3.73. The Labute approximate surface area is 73.0 Å². The molecule has 2 N–H and O–H groups in total. The monoisotopic (exact) mass is 188 g/mol. The van der Waals surface area contributed by atoms with Gasteiger partial charge in [0.1, 0.15) is 0 Å². The third-order valence-electron chi connectivity index (χ3n) is 1.09. The first-order chi connectivity index (χ1) is 5.20. The van der Waals surface area contributed by atoms with Crippen LogP contribution in [-0.4, -0.2) is 16.1 Å². The van der Waals surface area contributed by atoms with Gasteiger partial charge in [-0.15, -0.1) is 11.3 Å². The van der Waals surface area contributed by atoms with Crippen molar-refractivity contribution in [2.75, 3.05) is 0 Å². The molecular weight excluding hydrogens is 180 g/mol. The molecular formula is C6H8N2OS2. The van der Waals surface area contributed by atoms with Gasteiger partial charge in [-0.05, 0) is 6.92 Å². The third kappa shape index (κ3) is 2.51. The van der Waals surface area contributed by atoms with Crippen LogP contribution in [0.2, 0.25) is 0 Å². The van der Waals surface area contributed by atoms with E-state index in [2.05, 4.69) is 4.98 Å². The van der Waals surface area contributed by atoms with Gasteiger partial charge >= 0.3 is 0 Å². The Kier molecular flexibility index (Phi) is 2.90. The van der Waals surface area contributed by atoms with Gasteiger partial charge in [0.15, 0.2) is 4.34 Å². The lowest BCUT2D eigenvalue weighted by Crippen LogP contribution is -2.22. The minimum Gasteiger partial charge on any atom is -0.369 e. The second-order valence-corrected chi connectivity index (χ2v) is 4.44. The molecule has 0 saturated carbocycles. The van der Waals surface area contributed by atoms with E-state index in [0.29, 0.717) is 0 Å². The number of carbonyl (C=O) groups excluding carboxylic acids is 1. The average molecular weight is 188 g/mol. The Hall–Kier alpha value is -0.550. The molecule has 1 heterocycles. The first-order valence-electron chi connectivity index (χ1n) is 3.05. The molecule has 1 amide bonds. The molecule has 0 fully saturated rings. The predicted octanol–water partition coefficient (Wildman–Crippen LogP) is 1.11. The number of nitrogens with two attached hydrogens (primary N) is 1. The van der Waals surface area contributed by atoms with Crippen LogP contribution in [0.1, 0.15) is 6.92 Å². The number of nitrogens with zero attached hydrogens (tertiary/aromatic N) is 1. The molecule has 0 aliphatic heterocycles. The summed E-state index contributed by atoms with van der Waals surface area (Å²) in [6, 6.07) is 0. The van der Waals surface area contributed by atoms with E-state index >= 15 is 0 Å². The van der Waals surface area contributed by atoms with E-state index in [4.69, 9.17) is 5.73 Å². The fourth-order valence-electron chi connectivity index (χ4n) is 0.478. The van der Waals surface area contributed by atoms with Crippen molar-refractivity contribution in [3.63, 3.8) is 0 Å². The number of amides is 1. The van der Waals surface area contributed by atoms with Gasteiger partial charge < -0.3 is 5.73 Å². The fraction of sp³-hybridized carbons (Fsp3) is 0.333. The molecule has 0 aromatic carbocycles. The van der Waals surface area contributed by atoms with Crippen molar-refractivity contribution in [1.82, 2.24) is 4.98 Å². The molecule has 5 heteroatoms. The van der Waals surface area contributed by atoms with E-state index in [1.54, 1.807) is 13.1 Å². The zero-order chi connectivity index (χ0) is 8.27. The number of hydrogen-bond donors (Lipinski definition) is 1. The van der Waals surface area contributed by atoms with E-state index in [1.165, 1.54) is 23.1 Å². The largest absolute Gasteiger partial charge is 0.369 e. The highest BCUT2D eigenvalue weighted by Gasteiger charge is 2.10. The van der Waals surface area contributed by atoms with Gasteiger partial charge in [0, 0.05) is 11.6 Å². The molecule has 60 valence electrons. The Balaban J connectivity index is 2.50. The summed E-state index contributed by atoms with van der Waals surface area (Å²) in [5, 5.41) is 1.68. The summed E-state index contributed by atoms with van der Waals surface area (Å²) < 4.78 is 0.885. The Bertz CT molecular complexity index is 235. The SMILES string of the molecule is CC(Sc1nccs1)C(N)=O. The van der Waals surface area contributed by atoms with Crippen LogP contribution in [0, 0.1) is 0 Å². The Morgan fingerprint density at radius 2 is 2.64 bits per heavy atom. The molecule has 1 aromatic heterocycles. The van der Waals surface area contributed by atoms with Crippen molar-refractivity contribution in [3.8, 4) is 0 Å². The van der Waals surface area contributed by atoms with Crippen molar-refractivity contribution in [2.24, 2.45) is 5.73 Å². The summed E-state index contributed by atoms with van der Waals surface area (Å²) in [5.41, 5.74) is 5.07. The first-order valence-corrected chi connectivity index (χ1v) is 4.81. The van der Waals surface area contributed by atoms with Gasteiger partial charge in [-0.1, -0.05) is 11.8 Å². The van der Waals surface area contributed by atoms with E-state index in [-0.39, 0.29) is 11.2 Å². The van der Waals surface area contributed by atoms with Crippen molar-refractivity contribution >= 4 is 29.0 Å². The molecule has 0 aliphatic rings. The average Bonchev–Trinajstić information content (AvgIpc) is 2.39. The summed E-state index contributed by atoms with van der Waals surface area (Å²) >= 11 is 2.90. The molecule has 0 bridgehead atoms. The maximum atomic E-state index is 10.6. The smallest absolute Gasteiger partial charge is 0.230 e. The molecule has 1 aromatic rings. The van der Waals surface area contributed by atoms with E-state index in [9.17, 15) is 4.79 Å². The van der Waals surface area contributed by atoms with Gasteiger partial charge in [0.05, 0.1) is 5.25 Å². The maximum absolute atomic E-state index is 10.6. The van der Waals surface area contributed by atoms with Gasteiger partial charge in [0.2, 0.25) is 5.91 Å². The van der Waals surface area contributed by atoms with E-state index in [1.807, 2.05) is 5.38 Å². The lowest BCUT2D eigenvalue weighted by molar-refractivity contribution is -0.117. The number of thiazole rings is 1. The van der Waals surface area contributed by atoms with Crippen LogP contribution in [0.5, 0.6) is 0 Å². The molecule has 0 saturated heterocycles. The van der Waals surface area contributed by atoms with E-state index in [0.717, 1.165) is 4.34 Å². The lowest BCUT2D eigenvalue weighted by atomic mass is 10.5. The minimum atomic E-state index is -0.301. The van der Waals surface area contributed by atoms with Crippen molar-refractivity contribution in [1.29, 1.82) is 0 Å². The Morgan fingerprint density at radius 3 is 3.09 bits per heavy atom. The van der Waals surface area contributed by atoms with Crippen LogP contribution in [0.3, 0.4) is 0 Å². The highest BCUT2D eigenvalue weighted by Crippen LogP contribution is 2.24. The molecule has 11 heavy (non-hydrogen) atoms. The van der Waals surface area contributed by atoms with Gasteiger partial charge in [0.25, 0.3) is 0 Å². The summed E-state index contributed by atoms with van der Waals surface area (Å²) in [7, 11) is 0. The minimum absolute atomic E-state index is 0.193. The zero-order valence-electron chi connectivity index (χ0n) is 5.98. The maximum Gasteiger partial charge on any atom is 0.230 e. The zero-order valence-corrected chi connectivity index (χ0v) is 7.61. The quantitative estimate of drug-likeness (QED) is 0.723. The summed E-state index contributed by atoms with van der Waals surface area (Å²) in [5.74, 6) is -0.301. The van der Waals surface area contributed by atoms with Crippen LogP contribution in [0.15, 0.2) is 15.9 Å². The second-order valence-electron chi connectivity index (χ2n) is 1.96. The molecule has 1 atom stereocenters. The lowest BCUT2D eigenvalue weighted by Gasteiger charge is -2.01. The van der Waals surface area contributed by atoms with Crippen LogP contribution in [0.25, 0.3) is 0 Å². The van der Waals surface area contributed by atoms with Crippen LogP contribution >= 0.6 is 23.1 Å². The van der Waals surface area contributed by atoms with Crippen LogP contribution in [-0.2, 0) is 4.79 Å². The third-order valence-corrected chi connectivity index (χ3v) is 3.12. The number of hydrogen-bond acceptors (Lipinski definition) is 4. The number of carbonyl (C=O) groups is 1. The fourth-order valence-corrected chi connectivity index (χ4v) is 2.20. The van der Waals surface area contributed by atoms with Gasteiger partial charge in [-0.2, -0.15) is 0 Å². The van der Waals surface area contributed by atoms with Crippen molar-refractivity contribution in [3.05, 3.63) is 11.6 Å². The number of aromatic nitrogens is 1. The summed E-state index contributed by atoms with van der Waals surface area (Å²) in [4.78, 5) is 14.6. The summed E-state index contributed by atoms with van der Waals surface area (Å²) in [6.07, 6.45) is 1.71. The van der Waals surface area contributed by atoms with Gasteiger partial charge in [-0.3, -0.25) is 4.79 Å². The predicted molar refractivity (Wildman–Crippen MR) is 46.6 cm³/mol. The topological polar surface area (TPSA) is 56.0 Å². The highest BCUT2D eigenvalue weighted by molar-refractivity contribution is 8.02. The normalized spacial score (nSPS) is 12.8. The van der Waals surface area contributed by atoms with E-state index < -0.39 is 0 Å². The molecule has 1 rings (SSSR count). The number of primary amides is 1. The first kappa shape index (κ1) is 8.55. The molecule has 1 unspecified atom stereocenters. The number of thioether (sulfide) groups is 1. The van der Waals surface area contributed by atoms with Crippen molar-refractivity contribution in [2.45, 2.75) is 16.5 Å². The molecule has 3 nitrogen and oxygen atoms in total. The summed E-state index contributed by atoms with van der Waals surface area (Å²) in [6.45, 7) is 1.77. The molecule has 0 radical (unpaired) electrons. The van der Waals surface area contributed by atoms with Crippen LogP contribution < -0.4 is 5.73 Å². The molecule has 0 spiro atoms. The van der Waals surface area contributed by atoms with Crippen LogP contribution in [0.4, 0.5) is 0 Å². The van der Waals surface area contributed by atoms with Crippen molar-refractivity contribution < 1.29 is 4.79 Å². The van der Waals surface area contributed by atoms with Gasteiger partial charge in [-0.25, -0.2) is 4.98 Å². The molecule has 0 aliphatic carbocycles. The Morgan fingerprint density at radius 1 is 1.91 bits per heavy atom. The number of rotatable bonds is 3. The highest BCUT2D eigenvalue weighted by atomic mass is 32.2.